The topological polar surface area (TPSA) is 61.0 Å². The van der Waals surface area contributed by atoms with E-state index in [2.05, 4.69) is 9.97 Å². The number of ether oxygens (including phenoxy) is 1. The Balaban J connectivity index is 2.31. The van der Waals surface area contributed by atoms with Gasteiger partial charge in [-0.05, 0) is 37.6 Å². The molecule has 4 nitrogen and oxygen atoms in total. The first-order chi connectivity index (χ1) is 8.08. The number of anilines is 1. The normalized spacial score (nSPS) is 10.3. The molecule has 2 rings (SSSR count). The average molecular weight is 233 g/mol. The summed E-state index contributed by atoms with van der Waals surface area (Å²) in [5.74, 6) is 0.999. The molecule has 0 atom stereocenters. The molecule has 17 heavy (non-hydrogen) atoms. The minimum absolute atomic E-state index is 0.267. The number of nitrogens with zero attached hydrogens (tertiary/aromatic N) is 2. The van der Waals surface area contributed by atoms with E-state index in [0.717, 1.165) is 0 Å². The first kappa shape index (κ1) is 11.3. The van der Waals surface area contributed by atoms with Gasteiger partial charge in [0, 0.05) is 0 Å². The van der Waals surface area contributed by atoms with E-state index >= 15 is 0 Å². The number of benzene rings is 1. The third-order valence-corrected chi connectivity index (χ3v) is 2.42. The van der Waals surface area contributed by atoms with Crippen LogP contribution in [0.25, 0.3) is 0 Å². The maximum Gasteiger partial charge on any atom is 0.227 e. The highest BCUT2D eigenvalue weighted by molar-refractivity contribution is 5.45. The fourth-order valence-electron chi connectivity index (χ4n) is 1.34. The Morgan fingerprint density at radius 1 is 1.24 bits per heavy atom. The summed E-state index contributed by atoms with van der Waals surface area (Å²) in [4.78, 5) is 7.82. The van der Waals surface area contributed by atoms with E-state index in [4.69, 9.17) is 10.5 Å². The zero-order valence-electron chi connectivity index (χ0n) is 9.57. The summed E-state index contributed by atoms with van der Waals surface area (Å²) in [6, 6.07) is 4.50. The molecule has 0 saturated carbocycles. The van der Waals surface area contributed by atoms with Crippen LogP contribution < -0.4 is 10.5 Å². The summed E-state index contributed by atoms with van der Waals surface area (Å²) in [5.41, 5.74) is 6.81. The van der Waals surface area contributed by atoms with Crippen molar-refractivity contribution in [1.29, 1.82) is 0 Å². The van der Waals surface area contributed by atoms with E-state index in [-0.39, 0.29) is 5.82 Å². The second-order valence-corrected chi connectivity index (χ2v) is 3.70. The van der Waals surface area contributed by atoms with Crippen LogP contribution in [0.15, 0.2) is 24.5 Å². The van der Waals surface area contributed by atoms with Gasteiger partial charge in [-0.25, -0.2) is 14.4 Å². The lowest BCUT2D eigenvalue weighted by atomic mass is 10.2. The molecule has 0 aliphatic rings. The second-order valence-electron chi connectivity index (χ2n) is 3.70. The smallest absolute Gasteiger partial charge is 0.227 e. The molecule has 2 N–H and O–H groups in total. The van der Waals surface area contributed by atoms with Gasteiger partial charge in [0.15, 0.2) is 0 Å². The van der Waals surface area contributed by atoms with E-state index < -0.39 is 0 Å². The van der Waals surface area contributed by atoms with Gasteiger partial charge in [0.05, 0.1) is 5.56 Å². The van der Waals surface area contributed by atoms with Gasteiger partial charge in [0.25, 0.3) is 0 Å². The third-order valence-electron chi connectivity index (χ3n) is 2.42. The van der Waals surface area contributed by atoms with Gasteiger partial charge < -0.3 is 10.5 Å². The van der Waals surface area contributed by atoms with Crippen molar-refractivity contribution in [3.63, 3.8) is 0 Å². The number of halogens is 1. The fraction of sp³-hybridized carbons (Fsp3) is 0.167. The Hall–Kier alpha value is -2.17. The van der Waals surface area contributed by atoms with Crippen LogP contribution in [0.5, 0.6) is 11.6 Å². The number of nitrogens with two attached hydrogens (primary N) is 1. The molecule has 1 aromatic carbocycles. The van der Waals surface area contributed by atoms with Gasteiger partial charge in [-0.2, -0.15) is 0 Å². The number of aryl methyl sites for hydroxylation is 1. The number of nitrogen functional groups attached to an aromatic ring is 1. The minimum atomic E-state index is -0.267. The first-order valence-electron chi connectivity index (χ1n) is 5.09. The van der Waals surface area contributed by atoms with Gasteiger partial charge in [0.1, 0.15) is 23.7 Å². The zero-order chi connectivity index (χ0) is 12.4. The Kier molecular flexibility index (Phi) is 2.91. The van der Waals surface area contributed by atoms with Crippen LogP contribution in [0.4, 0.5) is 10.2 Å². The molecule has 0 amide bonds. The first-order valence-corrected chi connectivity index (χ1v) is 5.09. The van der Waals surface area contributed by atoms with Crippen molar-refractivity contribution in [2.75, 3.05) is 5.73 Å². The summed E-state index contributed by atoms with van der Waals surface area (Å²) in [5, 5.41) is 0. The lowest BCUT2D eigenvalue weighted by Gasteiger charge is -2.08. The molecule has 0 bridgehead atoms. The van der Waals surface area contributed by atoms with Gasteiger partial charge >= 0.3 is 0 Å². The van der Waals surface area contributed by atoms with Crippen LogP contribution in [0.1, 0.15) is 11.1 Å². The highest BCUT2D eigenvalue weighted by atomic mass is 19.1. The van der Waals surface area contributed by atoms with Gasteiger partial charge in [0.2, 0.25) is 5.88 Å². The number of hydrogen-bond donors (Lipinski definition) is 1. The highest BCUT2D eigenvalue weighted by Crippen LogP contribution is 2.25. The van der Waals surface area contributed by atoms with Crippen molar-refractivity contribution in [1.82, 2.24) is 9.97 Å². The van der Waals surface area contributed by atoms with Crippen LogP contribution in [0, 0.1) is 19.7 Å². The van der Waals surface area contributed by atoms with Crippen LogP contribution in [0.2, 0.25) is 0 Å². The van der Waals surface area contributed by atoms with Crippen LogP contribution in [-0.4, -0.2) is 9.97 Å². The fourth-order valence-corrected chi connectivity index (χ4v) is 1.34. The molecule has 0 fully saturated rings. The Morgan fingerprint density at radius 3 is 2.71 bits per heavy atom. The molecule has 5 heteroatoms. The molecule has 0 spiro atoms. The maximum atomic E-state index is 13.1. The molecular formula is C12H12FN3O. The average Bonchev–Trinajstić information content (AvgIpc) is 2.30. The van der Waals surface area contributed by atoms with E-state index in [0.29, 0.717) is 28.6 Å². The number of hydrogen-bond acceptors (Lipinski definition) is 4. The minimum Gasteiger partial charge on any atom is -0.439 e. The molecule has 0 saturated heterocycles. The van der Waals surface area contributed by atoms with Crippen molar-refractivity contribution in [2.24, 2.45) is 0 Å². The Bertz CT molecular complexity index is 557. The molecule has 0 unspecified atom stereocenters. The van der Waals surface area contributed by atoms with E-state index in [1.165, 1.54) is 12.4 Å². The quantitative estimate of drug-likeness (QED) is 0.866. The van der Waals surface area contributed by atoms with Crippen LogP contribution in [-0.2, 0) is 0 Å². The van der Waals surface area contributed by atoms with Crippen molar-refractivity contribution < 1.29 is 9.13 Å². The summed E-state index contributed by atoms with van der Waals surface area (Å²) in [6.07, 6.45) is 1.33. The van der Waals surface area contributed by atoms with Gasteiger partial charge in [-0.15, -0.1) is 0 Å². The van der Waals surface area contributed by atoms with Crippen molar-refractivity contribution >= 4 is 5.82 Å². The second kappa shape index (κ2) is 4.37. The molecular weight excluding hydrogens is 221 g/mol. The van der Waals surface area contributed by atoms with Crippen molar-refractivity contribution in [3.05, 3.63) is 41.5 Å². The molecule has 88 valence electrons. The predicted octanol–water partition coefficient (Wildman–Crippen LogP) is 2.61. The van der Waals surface area contributed by atoms with Gasteiger partial charge in [-0.1, -0.05) is 0 Å². The number of aromatic nitrogens is 2. The Labute approximate surface area is 98.3 Å². The molecule has 1 heterocycles. The van der Waals surface area contributed by atoms with Crippen molar-refractivity contribution in [3.8, 4) is 11.6 Å². The SMILES string of the molecule is Cc1cc(Oc2ncnc(N)c2C)ccc1F. The van der Waals surface area contributed by atoms with Crippen LogP contribution >= 0.6 is 0 Å². The molecule has 1 aromatic heterocycles. The van der Waals surface area contributed by atoms with Crippen molar-refractivity contribution in [2.45, 2.75) is 13.8 Å². The largest absolute Gasteiger partial charge is 0.439 e. The summed E-state index contributed by atoms with van der Waals surface area (Å²) >= 11 is 0. The molecule has 2 aromatic rings. The lowest BCUT2D eigenvalue weighted by Crippen LogP contribution is -1.99. The molecule has 0 aliphatic carbocycles. The lowest BCUT2D eigenvalue weighted by molar-refractivity contribution is 0.455. The third kappa shape index (κ3) is 2.33. The van der Waals surface area contributed by atoms with E-state index in [1.807, 2.05) is 0 Å². The number of rotatable bonds is 2. The monoisotopic (exact) mass is 233 g/mol. The van der Waals surface area contributed by atoms with Gasteiger partial charge in [-0.3, -0.25) is 0 Å². The summed E-state index contributed by atoms with van der Waals surface area (Å²) in [6.45, 7) is 3.43. The van der Waals surface area contributed by atoms with E-state index in [1.54, 1.807) is 26.0 Å². The Morgan fingerprint density at radius 2 is 2.00 bits per heavy atom. The van der Waals surface area contributed by atoms with E-state index in [9.17, 15) is 4.39 Å². The molecule has 0 radical (unpaired) electrons. The predicted molar refractivity (Wildman–Crippen MR) is 62.4 cm³/mol. The maximum absolute atomic E-state index is 13.1. The summed E-state index contributed by atoms with van der Waals surface area (Å²) in [7, 11) is 0. The standard InChI is InChI=1S/C12H12FN3O/c1-7-5-9(3-4-10(7)13)17-12-8(2)11(14)15-6-16-12/h3-6H,1-2H3,(H2,14,15,16). The summed E-state index contributed by atoms with van der Waals surface area (Å²) < 4.78 is 18.6. The highest BCUT2D eigenvalue weighted by Gasteiger charge is 2.07. The molecule has 0 aliphatic heterocycles. The zero-order valence-corrected chi connectivity index (χ0v) is 9.57. The van der Waals surface area contributed by atoms with Crippen LogP contribution in [0.3, 0.4) is 0 Å².